The molecular formula is C13H14Cl3N3. The molecule has 0 bridgehead atoms. The third-order valence-electron chi connectivity index (χ3n) is 2.99. The zero-order valence-corrected chi connectivity index (χ0v) is 12.9. The Hall–Kier alpha value is -0.740. The van der Waals surface area contributed by atoms with E-state index in [1.165, 1.54) is 0 Å². The molecule has 0 radical (unpaired) electrons. The van der Waals surface area contributed by atoms with E-state index in [-0.39, 0.29) is 6.04 Å². The molecule has 19 heavy (non-hydrogen) atoms. The van der Waals surface area contributed by atoms with Gasteiger partial charge >= 0.3 is 0 Å². The number of aromatic nitrogens is 2. The number of rotatable bonds is 4. The summed E-state index contributed by atoms with van der Waals surface area (Å²) in [6, 6.07) is 5.41. The molecule has 1 aromatic heterocycles. The van der Waals surface area contributed by atoms with E-state index in [0.29, 0.717) is 15.1 Å². The molecule has 2 rings (SSSR count). The summed E-state index contributed by atoms with van der Waals surface area (Å²) in [4.78, 5) is 0. The lowest BCUT2D eigenvalue weighted by Gasteiger charge is -2.20. The number of hydrogen-bond acceptors (Lipinski definition) is 2. The van der Waals surface area contributed by atoms with Crippen LogP contribution in [0.1, 0.15) is 24.2 Å². The van der Waals surface area contributed by atoms with Crippen LogP contribution in [-0.2, 0) is 6.54 Å². The predicted molar refractivity (Wildman–Crippen MR) is 80.3 cm³/mol. The van der Waals surface area contributed by atoms with Crippen molar-refractivity contribution in [1.82, 2.24) is 15.1 Å². The normalized spacial score (nSPS) is 12.7. The number of halogens is 3. The zero-order chi connectivity index (χ0) is 14.0. The van der Waals surface area contributed by atoms with Crippen molar-refractivity contribution in [3.63, 3.8) is 0 Å². The fourth-order valence-electron chi connectivity index (χ4n) is 2.09. The third kappa shape index (κ3) is 2.75. The topological polar surface area (TPSA) is 29.9 Å². The molecule has 1 heterocycles. The van der Waals surface area contributed by atoms with Crippen LogP contribution in [0.2, 0.25) is 15.1 Å². The van der Waals surface area contributed by atoms with Crippen LogP contribution < -0.4 is 5.32 Å². The molecule has 0 spiro atoms. The minimum atomic E-state index is -0.152. The smallest absolute Gasteiger partial charge is 0.0837 e. The summed E-state index contributed by atoms with van der Waals surface area (Å²) < 4.78 is 1.85. The van der Waals surface area contributed by atoms with Gasteiger partial charge in [-0.15, -0.1) is 0 Å². The Bertz CT molecular complexity index is 581. The predicted octanol–water partition coefficient (Wildman–Crippen LogP) is 4.17. The molecule has 1 atom stereocenters. The maximum Gasteiger partial charge on any atom is 0.0837 e. The molecule has 0 aliphatic heterocycles. The van der Waals surface area contributed by atoms with Crippen LogP contribution >= 0.6 is 34.8 Å². The van der Waals surface area contributed by atoms with Gasteiger partial charge in [-0.1, -0.05) is 46.9 Å². The molecule has 0 amide bonds. The number of aryl methyl sites for hydroxylation is 1. The number of hydrogen-bond donors (Lipinski definition) is 1. The highest BCUT2D eigenvalue weighted by Gasteiger charge is 2.23. The van der Waals surface area contributed by atoms with E-state index in [9.17, 15) is 0 Å². The zero-order valence-electron chi connectivity index (χ0n) is 10.6. The molecule has 0 saturated carbocycles. The van der Waals surface area contributed by atoms with E-state index in [1.54, 1.807) is 12.3 Å². The molecule has 1 aromatic carbocycles. The van der Waals surface area contributed by atoms with Gasteiger partial charge < -0.3 is 5.32 Å². The van der Waals surface area contributed by atoms with Crippen molar-refractivity contribution in [3.05, 3.63) is 50.7 Å². The molecule has 1 N–H and O–H groups in total. The minimum Gasteiger partial charge on any atom is -0.308 e. The Balaban J connectivity index is 2.56. The van der Waals surface area contributed by atoms with Gasteiger partial charge in [0.15, 0.2) is 0 Å². The fraction of sp³-hybridized carbons (Fsp3) is 0.308. The van der Waals surface area contributed by atoms with E-state index in [1.807, 2.05) is 30.8 Å². The van der Waals surface area contributed by atoms with Gasteiger partial charge in [-0.05, 0) is 25.6 Å². The van der Waals surface area contributed by atoms with E-state index < -0.39 is 0 Å². The van der Waals surface area contributed by atoms with Crippen LogP contribution in [0, 0.1) is 0 Å². The Morgan fingerprint density at radius 1 is 1.26 bits per heavy atom. The first kappa shape index (κ1) is 14.7. The average molecular weight is 319 g/mol. The van der Waals surface area contributed by atoms with Gasteiger partial charge in [0.1, 0.15) is 0 Å². The van der Waals surface area contributed by atoms with Crippen molar-refractivity contribution in [2.24, 2.45) is 0 Å². The second kappa shape index (κ2) is 6.14. The number of nitrogens with one attached hydrogen (secondary N) is 1. The summed E-state index contributed by atoms with van der Waals surface area (Å²) in [6.07, 6.45) is 1.64. The second-order valence-electron chi connectivity index (χ2n) is 4.06. The summed E-state index contributed by atoms with van der Waals surface area (Å²) in [5.41, 5.74) is 1.77. The Labute approximate surface area is 127 Å². The molecule has 6 heteroatoms. The molecule has 102 valence electrons. The van der Waals surface area contributed by atoms with E-state index in [2.05, 4.69) is 10.4 Å². The molecule has 3 nitrogen and oxygen atoms in total. The molecule has 0 fully saturated rings. The first-order chi connectivity index (χ1) is 9.10. The monoisotopic (exact) mass is 317 g/mol. The summed E-state index contributed by atoms with van der Waals surface area (Å²) >= 11 is 18.6. The molecule has 0 saturated heterocycles. The van der Waals surface area contributed by atoms with Crippen molar-refractivity contribution >= 4 is 34.8 Å². The molecule has 0 aliphatic rings. The fourth-order valence-corrected chi connectivity index (χ4v) is 2.76. The summed E-state index contributed by atoms with van der Waals surface area (Å²) in [7, 11) is 1.85. The van der Waals surface area contributed by atoms with Crippen molar-refractivity contribution in [2.75, 3.05) is 7.05 Å². The van der Waals surface area contributed by atoms with Crippen LogP contribution in [0.3, 0.4) is 0 Å². The highest BCUT2D eigenvalue weighted by Crippen LogP contribution is 2.35. The van der Waals surface area contributed by atoms with Crippen LogP contribution in [0.25, 0.3) is 0 Å². The number of nitrogens with zero attached hydrogens (tertiary/aromatic N) is 2. The largest absolute Gasteiger partial charge is 0.308 e. The second-order valence-corrected chi connectivity index (χ2v) is 5.25. The molecule has 2 aromatic rings. The van der Waals surface area contributed by atoms with Gasteiger partial charge in [0, 0.05) is 6.54 Å². The van der Waals surface area contributed by atoms with Gasteiger partial charge in [0.2, 0.25) is 0 Å². The van der Waals surface area contributed by atoms with Crippen LogP contribution in [0.4, 0.5) is 0 Å². The molecule has 0 aliphatic carbocycles. The summed E-state index contributed by atoms with van der Waals surface area (Å²) in [5.74, 6) is 0. The van der Waals surface area contributed by atoms with Gasteiger partial charge in [-0.3, -0.25) is 4.68 Å². The molecule has 1 unspecified atom stereocenters. The van der Waals surface area contributed by atoms with Gasteiger partial charge in [0.25, 0.3) is 0 Å². The van der Waals surface area contributed by atoms with Gasteiger partial charge in [0.05, 0.1) is 33.0 Å². The SMILES string of the molecule is CCn1ncc(Cl)c1C(NC)c1cccc(Cl)c1Cl. The highest BCUT2D eigenvalue weighted by molar-refractivity contribution is 6.42. The first-order valence-electron chi connectivity index (χ1n) is 5.92. The number of benzene rings is 1. The lowest BCUT2D eigenvalue weighted by molar-refractivity contribution is 0.563. The Morgan fingerprint density at radius 2 is 2.00 bits per heavy atom. The highest BCUT2D eigenvalue weighted by atomic mass is 35.5. The maximum atomic E-state index is 6.29. The summed E-state index contributed by atoms with van der Waals surface area (Å²) in [6.45, 7) is 2.75. The van der Waals surface area contributed by atoms with E-state index in [0.717, 1.165) is 17.8 Å². The standard InChI is InChI=1S/C13H14Cl3N3/c1-3-19-13(10(15)7-18-19)12(17-2)8-5-4-6-9(14)11(8)16/h4-7,12,17H,3H2,1-2H3. The summed E-state index contributed by atoms with van der Waals surface area (Å²) in [5, 5.41) is 9.13. The Kier molecular flexibility index (Phi) is 4.74. The lowest BCUT2D eigenvalue weighted by Crippen LogP contribution is -2.22. The first-order valence-corrected chi connectivity index (χ1v) is 7.05. The molecular weight excluding hydrogens is 305 g/mol. The van der Waals surface area contributed by atoms with Crippen LogP contribution in [0.5, 0.6) is 0 Å². The maximum absolute atomic E-state index is 6.29. The minimum absolute atomic E-state index is 0.152. The Morgan fingerprint density at radius 3 is 2.63 bits per heavy atom. The van der Waals surface area contributed by atoms with Crippen molar-refractivity contribution in [1.29, 1.82) is 0 Å². The van der Waals surface area contributed by atoms with Crippen molar-refractivity contribution in [2.45, 2.75) is 19.5 Å². The van der Waals surface area contributed by atoms with Gasteiger partial charge in [-0.25, -0.2) is 0 Å². The van der Waals surface area contributed by atoms with E-state index >= 15 is 0 Å². The third-order valence-corrected chi connectivity index (χ3v) is 4.11. The van der Waals surface area contributed by atoms with Crippen LogP contribution in [-0.4, -0.2) is 16.8 Å². The van der Waals surface area contributed by atoms with E-state index in [4.69, 9.17) is 34.8 Å². The lowest BCUT2D eigenvalue weighted by atomic mass is 10.0. The van der Waals surface area contributed by atoms with Crippen molar-refractivity contribution < 1.29 is 0 Å². The van der Waals surface area contributed by atoms with Gasteiger partial charge in [-0.2, -0.15) is 5.10 Å². The quantitative estimate of drug-likeness (QED) is 0.917. The van der Waals surface area contributed by atoms with Crippen LogP contribution in [0.15, 0.2) is 24.4 Å². The average Bonchev–Trinajstić information content (AvgIpc) is 2.77. The van der Waals surface area contributed by atoms with Crippen molar-refractivity contribution in [3.8, 4) is 0 Å².